The predicted octanol–water partition coefficient (Wildman–Crippen LogP) is 5.96. The van der Waals surface area contributed by atoms with Gasteiger partial charge in [0.15, 0.2) is 0 Å². The van der Waals surface area contributed by atoms with Gasteiger partial charge >= 0.3 is 0 Å². The standard InChI is InChI=1S/C22H19ClN2/c23-21-12-6-4-8-17(21)15-25-16-18(20-11-5-7-13-22(20)25)14-24-19-9-2-1-3-10-19/h1-13,16,24H,14-15H2. The molecular weight excluding hydrogens is 328 g/mol. The van der Waals surface area contributed by atoms with Crippen LogP contribution in [0.4, 0.5) is 5.69 Å². The van der Waals surface area contributed by atoms with Crippen LogP contribution >= 0.6 is 11.6 Å². The van der Waals surface area contributed by atoms with E-state index in [1.54, 1.807) is 0 Å². The predicted molar refractivity (Wildman–Crippen MR) is 106 cm³/mol. The van der Waals surface area contributed by atoms with Gasteiger partial charge in [0.2, 0.25) is 0 Å². The molecule has 1 N–H and O–H groups in total. The second-order valence-electron chi connectivity index (χ2n) is 6.11. The lowest BCUT2D eigenvalue weighted by molar-refractivity contribution is 0.831. The summed E-state index contributed by atoms with van der Waals surface area (Å²) in [5.41, 5.74) is 4.77. The summed E-state index contributed by atoms with van der Waals surface area (Å²) in [6.07, 6.45) is 2.23. The maximum Gasteiger partial charge on any atom is 0.0491 e. The fourth-order valence-electron chi connectivity index (χ4n) is 3.16. The molecule has 0 fully saturated rings. The summed E-state index contributed by atoms with van der Waals surface area (Å²) in [4.78, 5) is 0. The first-order chi connectivity index (χ1) is 12.3. The zero-order valence-electron chi connectivity index (χ0n) is 13.8. The summed E-state index contributed by atoms with van der Waals surface area (Å²) >= 11 is 6.35. The van der Waals surface area contributed by atoms with Gasteiger partial charge in [-0.15, -0.1) is 0 Å². The molecule has 0 radical (unpaired) electrons. The van der Waals surface area contributed by atoms with Crippen molar-refractivity contribution >= 4 is 28.2 Å². The highest BCUT2D eigenvalue weighted by atomic mass is 35.5. The number of anilines is 1. The summed E-state index contributed by atoms with van der Waals surface area (Å²) in [5, 5.41) is 5.59. The highest BCUT2D eigenvalue weighted by Gasteiger charge is 2.09. The average molecular weight is 347 g/mol. The van der Waals surface area contributed by atoms with E-state index in [1.165, 1.54) is 16.5 Å². The van der Waals surface area contributed by atoms with Crippen LogP contribution in [0.25, 0.3) is 10.9 Å². The molecule has 1 aromatic heterocycles. The van der Waals surface area contributed by atoms with E-state index in [1.807, 2.05) is 36.4 Å². The van der Waals surface area contributed by atoms with E-state index in [4.69, 9.17) is 11.6 Å². The van der Waals surface area contributed by atoms with Gasteiger partial charge in [0.05, 0.1) is 0 Å². The van der Waals surface area contributed by atoms with Gasteiger partial charge in [0.25, 0.3) is 0 Å². The second kappa shape index (κ2) is 7.04. The SMILES string of the molecule is Clc1ccccc1Cn1cc(CNc2ccccc2)c2ccccc21. The number of hydrogen-bond acceptors (Lipinski definition) is 1. The van der Waals surface area contributed by atoms with Gasteiger partial charge in [-0.05, 0) is 35.4 Å². The Labute approximate surface area is 152 Å². The Bertz CT molecular complexity index is 989. The van der Waals surface area contributed by atoms with Crippen LogP contribution < -0.4 is 5.32 Å². The van der Waals surface area contributed by atoms with Gasteiger partial charge in [-0.3, -0.25) is 0 Å². The third kappa shape index (κ3) is 3.40. The maximum absolute atomic E-state index is 6.35. The molecule has 0 saturated heterocycles. The van der Waals surface area contributed by atoms with Crippen molar-refractivity contribution in [2.24, 2.45) is 0 Å². The lowest BCUT2D eigenvalue weighted by Gasteiger charge is -2.07. The van der Waals surface area contributed by atoms with Crippen LogP contribution in [0.1, 0.15) is 11.1 Å². The van der Waals surface area contributed by atoms with Crippen LogP contribution in [0.2, 0.25) is 5.02 Å². The molecule has 3 heteroatoms. The molecule has 1 heterocycles. The molecular formula is C22H19ClN2. The van der Waals surface area contributed by atoms with Crippen molar-refractivity contribution in [3.63, 3.8) is 0 Å². The Morgan fingerprint density at radius 3 is 2.32 bits per heavy atom. The van der Waals surface area contributed by atoms with Gasteiger partial charge in [-0.2, -0.15) is 0 Å². The minimum atomic E-state index is 0.769. The van der Waals surface area contributed by atoms with E-state index in [9.17, 15) is 0 Å². The molecule has 0 saturated carbocycles. The minimum absolute atomic E-state index is 0.769. The van der Waals surface area contributed by atoms with Crippen molar-refractivity contribution in [1.29, 1.82) is 0 Å². The van der Waals surface area contributed by atoms with Crippen molar-refractivity contribution in [2.75, 3.05) is 5.32 Å². The molecule has 2 nitrogen and oxygen atoms in total. The normalized spacial score (nSPS) is 10.9. The van der Waals surface area contributed by atoms with Crippen LogP contribution in [0.15, 0.2) is 85.1 Å². The third-order valence-electron chi connectivity index (χ3n) is 4.43. The number of rotatable bonds is 5. The molecule has 3 aromatic carbocycles. The first kappa shape index (κ1) is 15.8. The Morgan fingerprint density at radius 1 is 0.760 bits per heavy atom. The molecule has 124 valence electrons. The summed E-state index contributed by atoms with van der Waals surface area (Å²) in [5.74, 6) is 0. The van der Waals surface area contributed by atoms with Crippen molar-refractivity contribution in [2.45, 2.75) is 13.1 Å². The van der Waals surface area contributed by atoms with E-state index in [-0.39, 0.29) is 0 Å². The number of halogens is 1. The van der Waals surface area contributed by atoms with Crippen molar-refractivity contribution in [1.82, 2.24) is 4.57 Å². The molecule has 4 rings (SSSR count). The smallest absolute Gasteiger partial charge is 0.0491 e. The van der Waals surface area contributed by atoms with Crippen LogP contribution in [-0.2, 0) is 13.1 Å². The Hall–Kier alpha value is -2.71. The highest BCUT2D eigenvalue weighted by molar-refractivity contribution is 6.31. The Morgan fingerprint density at radius 2 is 1.48 bits per heavy atom. The van der Waals surface area contributed by atoms with Gasteiger partial charge in [-0.25, -0.2) is 0 Å². The first-order valence-electron chi connectivity index (χ1n) is 8.40. The lowest BCUT2D eigenvalue weighted by atomic mass is 10.1. The largest absolute Gasteiger partial charge is 0.381 e. The average Bonchev–Trinajstić information content (AvgIpc) is 3.01. The third-order valence-corrected chi connectivity index (χ3v) is 4.80. The second-order valence-corrected chi connectivity index (χ2v) is 6.52. The topological polar surface area (TPSA) is 17.0 Å². The molecule has 4 aromatic rings. The van der Waals surface area contributed by atoms with E-state index >= 15 is 0 Å². The quantitative estimate of drug-likeness (QED) is 0.472. The molecule has 0 unspecified atom stereocenters. The monoisotopic (exact) mass is 346 g/mol. The summed E-state index contributed by atoms with van der Waals surface area (Å²) in [7, 11) is 0. The van der Waals surface area contributed by atoms with E-state index in [0.29, 0.717) is 0 Å². The van der Waals surface area contributed by atoms with Gasteiger partial charge in [-0.1, -0.05) is 66.2 Å². The number of hydrogen-bond donors (Lipinski definition) is 1. The molecule has 0 aliphatic carbocycles. The summed E-state index contributed by atoms with van der Waals surface area (Å²) < 4.78 is 2.28. The van der Waals surface area contributed by atoms with Crippen LogP contribution in [0.5, 0.6) is 0 Å². The van der Waals surface area contributed by atoms with Crippen molar-refractivity contribution < 1.29 is 0 Å². The Kier molecular flexibility index (Phi) is 4.45. The van der Waals surface area contributed by atoms with Crippen LogP contribution in [-0.4, -0.2) is 4.57 Å². The van der Waals surface area contributed by atoms with E-state index in [2.05, 4.69) is 58.5 Å². The zero-order valence-corrected chi connectivity index (χ0v) is 14.6. The van der Waals surface area contributed by atoms with E-state index in [0.717, 1.165) is 29.4 Å². The first-order valence-corrected chi connectivity index (χ1v) is 8.78. The lowest BCUT2D eigenvalue weighted by Crippen LogP contribution is -2.00. The fraction of sp³-hybridized carbons (Fsp3) is 0.0909. The Balaban J connectivity index is 1.65. The van der Waals surface area contributed by atoms with Crippen LogP contribution in [0.3, 0.4) is 0 Å². The summed E-state index contributed by atoms with van der Waals surface area (Å²) in [6, 6.07) is 26.8. The number of aromatic nitrogens is 1. The molecule has 0 bridgehead atoms. The molecule has 0 aliphatic heterocycles. The fourth-order valence-corrected chi connectivity index (χ4v) is 3.35. The maximum atomic E-state index is 6.35. The molecule has 0 amide bonds. The van der Waals surface area contributed by atoms with Crippen molar-refractivity contribution in [3.05, 3.63) is 101 Å². The van der Waals surface area contributed by atoms with E-state index < -0.39 is 0 Å². The molecule has 0 atom stereocenters. The highest BCUT2D eigenvalue weighted by Crippen LogP contribution is 2.25. The van der Waals surface area contributed by atoms with Crippen molar-refractivity contribution in [3.8, 4) is 0 Å². The number of nitrogens with zero attached hydrogens (tertiary/aromatic N) is 1. The number of benzene rings is 3. The van der Waals surface area contributed by atoms with Crippen LogP contribution in [0, 0.1) is 0 Å². The number of nitrogens with one attached hydrogen (secondary N) is 1. The summed E-state index contributed by atoms with van der Waals surface area (Å²) in [6.45, 7) is 1.56. The molecule has 25 heavy (non-hydrogen) atoms. The molecule has 0 spiro atoms. The molecule has 0 aliphatic rings. The minimum Gasteiger partial charge on any atom is -0.381 e. The van der Waals surface area contributed by atoms with Gasteiger partial charge < -0.3 is 9.88 Å². The van der Waals surface area contributed by atoms with Gasteiger partial charge in [0.1, 0.15) is 0 Å². The van der Waals surface area contributed by atoms with Gasteiger partial charge in [0, 0.05) is 40.9 Å². The number of fused-ring (bicyclic) bond motifs is 1. The zero-order chi connectivity index (χ0) is 17.1. The number of para-hydroxylation sites is 2.